The van der Waals surface area contributed by atoms with Gasteiger partial charge in [0.15, 0.2) is 0 Å². The third-order valence-electron chi connectivity index (χ3n) is 3.36. The van der Waals surface area contributed by atoms with Crippen molar-refractivity contribution in [3.8, 4) is 0 Å². The summed E-state index contributed by atoms with van der Waals surface area (Å²) >= 11 is 0. The van der Waals surface area contributed by atoms with E-state index in [0.29, 0.717) is 6.54 Å². The number of nitrogens with zero attached hydrogens (tertiary/aromatic N) is 1. The Morgan fingerprint density at radius 1 is 1.33 bits per heavy atom. The summed E-state index contributed by atoms with van der Waals surface area (Å²) in [4.78, 5) is 35.7. The number of carboxylic acids is 1. The molecule has 0 saturated carbocycles. The lowest BCUT2D eigenvalue weighted by atomic mass is 9.99. The van der Waals surface area contributed by atoms with Gasteiger partial charge < -0.3 is 15.3 Å². The largest absolute Gasteiger partial charge is 0.478 e. The van der Waals surface area contributed by atoms with Crippen LogP contribution in [0.5, 0.6) is 0 Å². The van der Waals surface area contributed by atoms with Crippen LogP contribution in [0.1, 0.15) is 22.3 Å². The average Bonchev–Trinajstić information content (AvgIpc) is 2.46. The van der Waals surface area contributed by atoms with Crippen molar-refractivity contribution in [3.63, 3.8) is 0 Å². The number of urea groups is 1. The van der Waals surface area contributed by atoms with Crippen molar-refractivity contribution in [1.82, 2.24) is 10.6 Å². The summed E-state index contributed by atoms with van der Waals surface area (Å²) in [6, 6.07) is 4.33. The third kappa shape index (κ3) is 3.50. The van der Waals surface area contributed by atoms with Crippen molar-refractivity contribution in [2.75, 3.05) is 25.0 Å². The van der Waals surface area contributed by atoms with Gasteiger partial charge in [-0.3, -0.25) is 10.1 Å². The molecule has 21 heavy (non-hydrogen) atoms. The van der Waals surface area contributed by atoms with Crippen molar-refractivity contribution < 1.29 is 19.5 Å². The highest BCUT2D eigenvalue weighted by molar-refractivity contribution is 5.96. The second kappa shape index (κ2) is 6.25. The molecule has 3 N–H and O–H groups in total. The van der Waals surface area contributed by atoms with Gasteiger partial charge in [0.05, 0.1) is 12.1 Å². The summed E-state index contributed by atoms with van der Waals surface area (Å²) in [6.45, 7) is 0.757. The van der Waals surface area contributed by atoms with E-state index >= 15 is 0 Å². The molecule has 0 radical (unpaired) electrons. The molecule has 0 spiro atoms. The Hall–Kier alpha value is -2.57. The number of anilines is 1. The number of imide groups is 1. The van der Waals surface area contributed by atoms with Crippen molar-refractivity contribution in [3.05, 3.63) is 29.3 Å². The normalized spacial score (nSPS) is 13.3. The van der Waals surface area contributed by atoms with Gasteiger partial charge in [0.2, 0.25) is 5.91 Å². The minimum atomic E-state index is -0.965. The highest BCUT2D eigenvalue weighted by atomic mass is 16.4. The Morgan fingerprint density at radius 3 is 2.76 bits per heavy atom. The fourth-order valence-electron chi connectivity index (χ4n) is 2.37. The summed E-state index contributed by atoms with van der Waals surface area (Å²) in [5, 5.41) is 13.5. The number of benzene rings is 1. The Balaban J connectivity index is 2.13. The SMILES string of the molecule is CNC(=O)NC(=O)CN1CCCc2cc(C(=O)O)ccc21. The molecule has 7 nitrogen and oxygen atoms in total. The van der Waals surface area contributed by atoms with Crippen LogP contribution in [0.3, 0.4) is 0 Å². The van der Waals surface area contributed by atoms with E-state index in [-0.39, 0.29) is 12.1 Å². The maximum absolute atomic E-state index is 11.8. The van der Waals surface area contributed by atoms with E-state index in [1.807, 2.05) is 4.90 Å². The first kappa shape index (κ1) is 14.8. The van der Waals surface area contributed by atoms with E-state index in [2.05, 4.69) is 10.6 Å². The van der Waals surface area contributed by atoms with Crippen LogP contribution < -0.4 is 15.5 Å². The molecule has 1 aromatic rings. The van der Waals surface area contributed by atoms with Crippen LogP contribution in [-0.4, -0.2) is 43.2 Å². The number of nitrogens with one attached hydrogen (secondary N) is 2. The Morgan fingerprint density at radius 2 is 2.10 bits per heavy atom. The molecule has 1 heterocycles. The van der Waals surface area contributed by atoms with Gasteiger partial charge in [-0.25, -0.2) is 9.59 Å². The number of hydrogen-bond acceptors (Lipinski definition) is 4. The van der Waals surface area contributed by atoms with E-state index in [0.717, 1.165) is 24.1 Å². The predicted molar refractivity (Wildman–Crippen MR) is 76.5 cm³/mol. The fraction of sp³-hybridized carbons (Fsp3) is 0.357. The maximum atomic E-state index is 11.8. The van der Waals surface area contributed by atoms with Gasteiger partial charge in [-0.1, -0.05) is 0 Å². The van der Waals surface area contributed by atoms with E-state index in [4.69, 9.17) is 5.11 Å². The van der Waals surface area contributed by atoms with Crippen LogP contribution in [0.15, 0.2) is 18.2 Å². The van der Waals surface area contributed by atoms with E-state index in [1.54, 1.807) is 12.1 Å². The zero-order chi connectivity index (χ0) is 15.4. The van der Waals surface area contributed by atoms with Crippen LogP contribution in [0, 0.1) is 0 Å². The molecule has 0 fully saturated rings. The monoisotopic (exact) mass is 291 g/mol. The standard InChI is InChI=1S/C14H17N3O4/c1-15-14(21)16-12(18)8-17-6-2-3-9-7-10(13(19)20)4-5-11(9)17/h4-5,7H,2-3,6,8H2,1H3,(H,19,20)(H2,15,16,18,21). The van der Waals surface area contributed by atoms with Crippen molar-refractivity contribution in [2.24, 2.45) is 0 Å². The van der Waals surface area contributed by atoms with E-state index in [9.17, 15) is 14.4 Å². The number of carbonyl (C=O) groups excluding carboxylic acids is 2. The minimum absolute atomic E-state index is 0.0623. The van der Waals surface area contributed by atoms with Gasteiger partial charge in [0.1, 0.15) is 0 Å². The quantitative estimate of drug-likeness (QED) is 0.757. The second-order valence-corrected chi connectivity index (χ2v) is 4.80. The van der Waals surface area contributed by atoms with Crippen molar-refractivity contribution in [2.45, 2.75) is 12.8 Å². The number of aromatic carboxylic acids is 1. The molecule has 2 rings (SSSR count). The number of rotatable bonds is 3. The number of aryl methyl sites for hydroxylation is 1. The Labute approximate surface area is 121 Å². The van der Waals surface area contributed by atoms with Crippen LogP contribution in [0.25, 0.3) is 0 Å². The average molecular weight is 291 g/mol. The number of carboxylic acid groups (broad SMARTS) is 1. The molecule has 1 aromatic carbocycles. The summed E-state index contributed by atoms with van der Waals surface area (Å²) in [5.74, 6) is -1.36. The molecule has 0 aromatic heterocycles. The minimum Gasteiger partial charge on any atom is -0.478 e. The molecular formula is C14H17N3O4. The van der Waals surface area contributed by atoms with Gasteiger partial charge in [0, 0.05) is 19.3 Å². The van der Waals surface area contributed by atoms with Crippen LogP contribution in [0.2, 0.25) is 0 Å². The molecule has 112 valence electrons. The molecule has 0 atom stereocenters. The Bertz CT molecular complexity index is 586. The third-order valence-corrected chi connectivity index (χ3v) is 3.36. The van der Waals surface area contributed by atoms with Crippen LogP contribution in [0.4, 0.5) is 10.5 Å². The van der Waals surface area contributed by atoms with Gasteiger partial charge in [-0.05, 0) is 36.6 Å². The number of carbonyl (C=O) groups is 3. The molecule has 3 amide bonds. The first-order valence-corrected chi connectivity index (χ1v) is 6.64. The number of hydrogen-bond donors (Lipinski definition) is 3. The second-order valence-electron chi connectivity index (χ2n) is 4.80. The molecule has 1 aliphatic rings. The lowest BCUT2D eigenvalue weighted by Gasteiger charge is -2.30. The molecule has 1 aliphatic heterocycles. The topological polar surface area (TPSA) is 98.7 Å². The smallest absolute Gasteiger partial charge is 0.335 e. The van der Waals surface area contributed by atoms with Gasteiger partial charge in [-0.2, -0.15) is 0 Å². The lowest BCUT2D eigenvalue weighted by Crippen LogP contribution is -2.44. The molecule has 0 aliphatic carbocycles. The highest BCUT2D eigenvalue weighted by Gasteiger charge is 2.21. The molecule has 0 saturated heterocycles. The molecule has 7 heteroatoms. The predicted octanol–water partition coefficient (Wildman–Crippen LogP) is 0.593. The summed E-state index contributed by atoms with van der Waals surface area (Å²) in [7, 11) is 1.44. The zero-order valence-corrected chi connectivity index (χ0v) is 11.7. The van der Waals surface area contributed by atoms with Gasteiger partial charge >= 0.3 is 12.0 Å². The summed E-state index contributed by atoms with van der Waals surface area (Å²) in [6.07, 6.45) is 1.62. The van der Waals surface area contributed by atoms with Gasteiger partial charge in [0.25, 0.3) is 0 Å². The zero-order valence-electron chi connectivity index (χ0n) is 11.7. The maximum Gasteiger partial charge on any atom is 0.335 e. The fourth-order valence-corrected chi connectivity index (χ4v) is 2.37. The Kier molecular flexibility index (Phi) is 4.42. The van der Waals surface area contributed by atoms with Crippen LogP contribution in [-0.2, 0) is 11.2 Å². The number of fused-ring (bicyclic) bond motifs is 1. The molecular weight excluding hydrogens is 274 g/mol. The highest BCUT2D eigenvalue weighted by Crippen LogP contribution is 2.27. The lowest BCUT2D eigenvalue weighted by molar-refractivity contribution is -0.118. The van der Waals surface area contributed by atoms with Crippen molar-refractivity contribution in [1.29, 1.82) is 0 Å². The first-order chi connectivity index (χ1) is 10.0. The van der Waals surface area contributed by atoms with E-state index < -0.39 is 17.9 Å². The van der Waals surface area contributed by atoms with Gasteiger partial charge in [-0.15, -0.1) is 0 Å². The molecule has 0 unspecified atom stereocenters. The first-order valence-electron chi connectivity index (χ1n) is 6.64. The molecule has 0 bridgehead atoms. The van der Waals surface area contributed by atoms with Crippen molar-refractivity contribution >= 4 is 23.6 Å². The van der Waals surface area contributed by atoms with E-state index in [1.165, 1.54) is 13.1 Å². The van der Waals surface area contributed by atoms with Crippen LogP contribution >= 0.6 is 0 Å². The summed E-state index contributed by atoms with van der Waals surface area (Å²) in [5.41, 5.74) is 2.00. The summed E-state index contributed by atoms with van der Waals surface area (Å²) < 4.78 is 0. The number of amides is 3.